The summed E-state index contributed by atoms with van der Waals surface area (Å²) in [5.74, 6) is 0.00901. The first-order valence-electron chi connectivity index (χ1n) is 8.39. The van der Waals surface area contributed by atoms with Crippen LogP contribution in [0.3, 0.4) is 0 Å². The molecule has 0 saturated carbocycles. The van der Waals surface area contributed by atoms with Crippen LogP contribution >= 0.6 is 23.2 Å². The van der Waals surface area contributed by atoms with Gasteiger partial charge >= 0.3 is 0 Å². The van der Waals surface area contributed by atoms with Gasteiger partial charge in [-0.3, -0.25) is 14.5 Å². The van der Waals surface area contributed by atoms with Crippen molar-refractivity contribution in [3.8, 4) is 0 Å². The van der Waals surface area contributed by atoms with Crippen molar-refractivity contribution in [2.45, 2.75) is 33.7 Å². The summed E-state index contributed by atoms with van der Waals surface area (Å²) >= 11 is 12.1. The lowest BCUT2D eigenvalue weighted by molar-refractivity contribution is -0.141. The molecule has 1 aromatic carbocycles. The van der Waals surface area contributed by atoms with Gasteiger partial charge in [0.25, 0.3) is 0 Å². The normalized spacial score (nSPS) is 17.3. The van der Waals surface area contributed by atoms with Gasteiger partial charge in [-0.25, -0.2) is 0 Å². The lowest BCUT2D eigenvalue weighted by Gasteiger charge is -2.39. The van der Waals surface area contributed by atoms with Crippen LogP contribution in [0.4, 0.5) is 5.69 Å². The number of carbonyl (C=O) groups is 2. The van der Waals surface area contributed by atoms with Crippen molar-refractivity contribution in [2.24, 2.45) is 5.41 Å². The minimum Gasteiger partial charge on any atom is -0.340 e. The first-order valence-corrected chi connectivity index (χ1v) is 9.15. The maximum atomic E-state index is 12.5. The molecule has 1 fully saturated rings. The first-order chi connectivity index (χ1) is 11.6. The van der Waals surface area contributed by atoms with E-state index >= 15 is 0 Å². The van der Waals surface area contributed by atoms with Gasteiger partial charge in [0.1, 0.15) is 0 Å². The lowest BCUT2D eigenvalue weighted by atomic mass is 9.94. The molecule has 0 bridgehead atoms. The van der Waals surface area contributed by atoms with Gasteiger partial charge in [0.15, 0.2) is 0 Å². The predicted octanol–water partition coefficient (Wildman–Crippen LogP) is 3.51. The van der Waals surface area contributed by atoms with Gasteiger partial charge < -0.3 is 10.2 Å². The Morgan fingerprint density at radius 1 is 1.12 bits per heavy atom. The fourth-order valence-corrected chi connectivity index (χ4v) is 3.14. The molecule has 25 heavy (non-hydrogen) atoms. The van der Waals surface area contributed by atoms with E-state index in [2.05, 4.69) is 10.2 Å². The molecule has 0 radical (unpaired) electrons. The Morgan fingerprint density at radius 2 is 1.72 bits per heavy atom. The van der Waals surface area contributed by atoms with Crippen LogP contribution in [0.25, 0.3) is 0 Å². The monoisotopic (exact) mass is 385 g/mol. The molecule has 0 spiro atoms. The quantitative estimate of drug-likeness (QED) is 0.865. The van der Waals surface area contributed by atoms with E-state index in [0.717, 1.165) is 0 Å². The number of amides is 2. The number of carbonyl (C=O) groups excluding carboxylic acids is 2. The van der Waals surface area contributed by atoms with E-state index in [9.17, 15) is 9.59 Å². The summed E-state index contributed by atoms with van der Waals surface area (Å²) in [6.07, 6.45) is 0. The van der Waals surface area contributed by atoms with Gasteiger partial charge in [0, 0.05) is 31.6 Å². The number of piperazine rings is 1. The van der Waals surface area contributed by atoms with Crippen LogP contribution in [-0.2, 0) is 9.59 Å². The third-order valence-corrected chi connectivity index (χ3v) is 5.20. The van der Waals surface area contributed by atoms with Crippen LogP contribution in [-0.4, -0.2) is 53.8 Å². The highest BCUT2D eigenvalue weighted by Gasteiger charge is 2.32. The second-order valence-electron chi connectivity index (χ2n) is 7.34. The summed E-state index contributed by atoms with van der Waals surface area (Å²) in [5, 5.41) is 3.57. The molecule has 7 heteroatoms. The fraction of sp³-hybridized carbons (Fsp3) is 0.556. The highest BCUT2D eigenvalue weighted by atomic mass is 35.5. The lowest BCUT2D eigenvalue weighted by Crippen LogP contribution is -2.55. The minimum atomic E-state index is -0.380. The third kappa shape index (κ3) is 4.87. The van der Waals surface area contributed by atoms with E-state index in [1.807, 2.05) is 32.6 Å². The Labute approximate surface area is 159 Å². The molecule has 0 aliphatic carbocycles. The highest BCUT2D eigenvalue weighted by molar-refractivity contribution is 6.44. The average Bonchev–Trinajstić information content (AvgIpc) is 2.57. The van der Waals surface area contributed by atoms with Crippen LogP contribution < -0.4 is 5.32 Å². The average molecular weight is 386 g/mol. The SMILES string of the molecule is CC(C(=O)Nc1cccc(Cl)c1Cl)N1CCN(C(=O)C(C)(C)C)CC1. The van der Waals surface area contributed by atoms with Crippen molar-refractivity contribution >= 4 is 40.7 Å². The number of rotatable bonds is 3. The van der Waals surface area contributed by atoms with Crippen molar-refractivity contribution in [1.82, 2.24) is 9.80 Å². The zero-order valence-corrected chi connectivity index (χ0v) is 16.6. The van der Waals surface area contributed by atoms with Crippen molar-refractivity contribution < 1.29 is 9.59 Å². The van der Waals surface area contributed by atoms with Crippen LogP contribution in [0.2, 0.25) is 10.0 Å². The van der Waals surface area contributed by atoms with E-state index < -0.39 is 0 Å². The Kier molecular flexibility index (Phi) is 6.35. The molecule has 1 unspecified atom stereocenters. The smallest absolute Gasteiger partial charge is 0.241 e. The Hall–Kier alpha value is -1.30. The number of hydrogen-bond donors (Lipinski definition) is 1. The van der Waals surface area contributed by atoms with Crippen molar-refractivity contribution in [1.29, 1.82) is 0 Å². The second-order valence-corrected chi connectivity index (χ2v) is 8.13. The summed E-state index contributed by atoms with van der Waals surface area (Å²) in [7, 11) is 0. The maximum Gasteiger partial charge on any atom is 0.241 e. The highest BCUT2D eigenvalue weighted by Crippen LogP contribution is 2.29. The van der Waals surface area contributed by atoms with Crippen LogP contribution in [0, 0.1) is 5.41 Å². The van der Waals surface area contributed by atoms with Crippen LogP contribution in [0.1, 0.15) is 27.7 Å². The molecule has 1 heterocycles. The molecule has 1 atom stereocenters. The summed E-state index contributed by atoms with van der Waals surface area (Å²) in [4.78, 5) is 28.8. The van der Waals surface area contributed by atoms with E-state index in [1.165, 1.54) is 0 Å². The van der Waals surface area contributed by atoms with Gasteiger partial charge in [-0.1, -0.05) is 50.0 Å². The van der Waals surface area contributed by atoms with Gasteiger partial charge in [-0.05, 0) is 19.1 Å². The molecule has 2 rings (SSSR count). The van der Waals surface area contributed by atoms with Gasteiger partial charge in [0.2, 0.25) is 11.8 Å². The maximum absolute atomic E-state index is 12.5. The summed E-state index contributed by atoms with van der Waals surface area (Å²) in [6, 6.07) is 4.82. The molecule has 0 aromatic heterocycles. The van der Waals surface area contributed by atoms with E-state index in [4.69, 9.17) is 23.2 Å². The molecule has 1 N–H and O–H groups in total. The molecular formula is C18H25Cl2N3O2. The molecule has 5 nitrogen and oxygen atoms in total. The molecule has 1 aromatic rings. The van der Waals surface area contributed by atoms with E-state index in [1.54, 1.807) is 18.2 Å². The largest absolute Gasteiger partial charge is 0.340 e. The zero-order chi connectivity index (χ0) is 18.8. The molecule has 1 aliphatic heterocycles. The predicted molar refractivity (Wildman–Crippen MR) is 102 cm³/mol. The molecule has 138 valence electrons. The molecule has 1 saturated heterocycles. The standard InChI is InChI=1S/C18H25Cl2N3O2/c1-12(16(24)21-14-7-5-6-13(19)15(14)20)22-8-10-23(11-9-22)17(25)18(2,3)4/h5-7,12H,8-11H2,1-4H3,(H,21,24). The Morgan fingerprint density at radius 3 is 2.28 bits per heavy atom. The third-order valence-electron chi connectivity index (χ3n) is 4.38. The summed E-state index contributed by atoms with van der Waals surface area (Å²) in [5.41, 5.74) is 0.127. The number of benzene rings is 1. The summed E-state index contributed by atoms with van der Waals surface area (Å²) in [6.45, 7) is 10.2. The second kappa shape index (κ2) is 7.94. The van der Waals surface area contributed by atoms with Crippen molar-refractivity contribution in [3.05, 3.63) is 28.2 Å². The van der Waals surface area contributed by atoms with Crippen molar-refractivity contribution in [2.75, 3.05) is 31.5 Å². The topological polar surface area (TPSA) is 52.7 Å². The van der Waals surface area contributed by atoms with Gasteiger partial charge in [-0.2, -0.15) is 0 Å². The molecule has 2 amide bonds. The van der Waals surface area contributed by atoms with Crippen LogP contribution in [0.15, 0.2) is 18.2 Å². The molecular weight excluding hydrogens is 361 g/mol. The molecule has 1 aliphatic rings. The first kappa shape index (κ1) is 20.0. The fourth-order valence-electron chi connectivity index (χ4n) is 2.79. The Bertz CT molecular complexity index is 650. The number of nitrogens with one attached hydrogen (secondary N) is 1. The minimum absolute atomic E-state index is 0.139. The number of hydrogen-bond acceptors (Lipinski definition) is 3. The van der Waals surface area contributed by atoms with Gasteiger partial charge in [-0.15, -0.1) is 0 Å². The number of anilines is 1. The van der Waals surface area contributed by atoms with Gasteiger partial charge in [0.05, 0.1) is 21.8 Å². The summed E-state index contributed by atoms with van der Waals surface area (Å²) < 4.78 is 0. The number of nitrogens with zero attached hydrogens (tertiary/aromatic N) is 2. The zero-order valence-electron chi connectivity index (χ0n) is 15.1. The van der Waals surface area contributed by atoms with E-state index in [-0.39, 0.29) is 23.3 Å². The Balaban J connectivity index is 1.93. The van der Waals surface area contributed by atoms with Crippen LogP contribution in [0.5, 0.6) is 0 Å². The number of halogens is 2. The van der Waals surface area contributed by atoms with Crippen molar-refractivity contribution in [3.63, 3.8) is 0 Å². The van der Waals surface area contributed by atoms with E-state index in [0.29, 0.717) is 41.9 Å².